The molecular weight excluding hydrogens is 613 g/mol. The number of amides is 2. The minimum atomic E-state index is -0.902. The Labute approximate surface area is 241 Å². The molecule has 2 amide bonds. The van der Waals surface area contributed by atoms with Gasteiger partial charge in [-0.05, 0) is 61.5 Å². The number of ketones is 1. The fourth-order valence-corrected chi connectivity index (χ4v) is 4.36. The van der Waals surface area contributed by atoms with E-state index in [-0.39, 0.29) is 22.8 Å². The minimum absolute atomic E-state index is 0.0845. The summed E-state index contributed by atoms with van der Waals surface area (Å²) in [6, 6.07) is 14.8. The van der Waals surface area contributed by atoms with Crippen molar-refractivity contribution in [3.63, 3.8) is 0 Å². The first-order chi connectivity index (χ1) is 18.6. The zero-order valence-electron chi connectivity index (χ0n) is 20.5. The van der Waals surface area contributed by atoms with Crippen LogP contribution in [0, 0.1) is 0 Å². The van der Waals surface area contributed by atoms with Gasteiger partial charge in [-0.15, -0.1) is 0 Å². The van der Waals surface area contributed by atoms with Crippen LogP contribution in [0.15, 0.2) is 80.5 Å². The lowest BCUT2D eigenvalue weighted by molar-refractivity contribution is -0.137. The predicted molar refractivity (Wildman–Crippen MR) is 150 cm³/mol. The van der Waals surface area contributed by atoms with E-state index in [1.807, 2.05) is 12.1 Å². The molecule has 1 aliphatic rings. The normalized spacial score (nSPS) is 14.1. The monoisotopic (exact) mass is 631 g/mol. The molecule has 2 heterocycles. The number of Topliss-reactive ketones (excluding diaryl/α,β-unsaturated/α-hetero) is 1. The average Bonchev–Trinajstić information content (AvgIpc) is 3.46. The van der Waals surface area contributed by atoms with Crippen molar-refractivity contribution in [3.05, 3.63) is 97.6 Å². The van der Waals surface area contributed by atoms with Crippen LogP contribution < -0.4 is 15.5 Å². The molecule has 0 bridgehead atoms. The third-order valence-electron chi connectivity index (χ3n) is 5.64. The Hall–Kier alpha value is -3.86. The van der Waals surface area contributed by atoms with E-state index in [0.29, 0.717) is 33.6 Å². The van der Waals surface area contributed by atoms with Gasteiger partial charge in [0.05, 0.1) is 29.4 Å². The first-order valence-electron chi connectivity index (χ1n) is 11.3. The minimum Gasteiger partial charge on any atom is -0.465 e. The molecule has 3 aromatic rings. The number of halogens is 3. The van der Waals surface area contributed by atoms with Gasteiger partial charge in [0, 0.05) is 27.6 Å². The van der Waals surface area contributed by atoms with E-state index in [0.717, 1.165) is 4.47 Å². The Kier molecular flexibility index (Phi) is 8.59. The Morgan fingerprint density at radius 3 is 2.41 bits per heavy atom. The van der Waals surface area contributed by atoms with Crippen molar-refractivity contribution in [1.82, 2.24) is 5.32 Å². The highest BCUT2D eigenvalue weighted by Gasteiger charge is 2.38. The second-order valence-corrected chi connectivity index (χ2v) is 9.92. The van der Waals surface area contributed by atoms with Crippen molar-refractivity contribution >= 4 is 80.1 Å². The summed E-state index contributed by atoms with van der Waals surface area (Å²) >= 11 is 15.2. The van der Waals surface area contributed by atoms with Crippen molar-refractivity contribution in [2.45, 2.75) is 13.5 Å². The number of carbonyl (C=O) groups excluding carboxylic acids is 4. The van der Waals surface area contributed by atoms with E-state index < -0.39 is 23.6 Å². The third kappa shape index (κ3) is 6.25. The highest BCUT2D eigenvalue weighted by molar-refractivity contribution is 9.10. The molecule has 1 aliphatic heterocycles. The van der Waals surface area contributed by atoms with E-state index in [2.05, 4.69) is 26.6 Å². The number of ether oxygens (including phenoxy) is 1. The third-order valence-corrected chi connectivity index (χ3v) is 6.91. The second kappa shape index (κ2) is 11.9. The van der Waals surface area contributed by atoms with Crippen LogP contribution in [0.2, 0.25) is 10.0 Å². The molecule has 2 aromatic carbocycles. The molecule has 1 aromatic heterocycles. The molecule has 0 radical (unpaired) electrons. The van der Waals surface area contributed by atoms with Gasteiger partial charge in [0.2, 0.25) is 5.78 Å². The van der Waals surface area contributed by atoms with Gasteiger partial charge in [-0.1, -0.05) is 39.1 Å². The van der Waals surface area contributed by atoms with Gasteiger partial charge in [-0.3, -0.25) is 14.4 Å². The molecule has 0 spiro atoms. The average molecular weight is 633 g/mol. The largest absolute Gasteiger partial charge is 0.465 e. The fourth-order valence-electron chi connectivity index (χ4n) is 3.79. The van der Waals surface area contributed by atoms with Crippen LogP contribution in [-0.4, -0.2) is 30.7 Å². The maximum absolute atomic E-state index is 13.2. The van der Waals surface area contributed by atoms with Crippen LogP contribution in [0.3, 0.4) is 0 Å². The van der Waals surface area contributed by atoms with Crippen LogP contribution in [0.25, 0.3) is 6.08 Å². The molecule has 0 saturated carbocycles. The van der Waals surface area contributed by atoms with E-state index in [1.54, 1.807) is 36.1 Å². The van der Waals surface area contributed by atoms with E-state index in [4.69, 9.17) is 32.4 Å². The molecule has 9 nitrogen and oxygen atoms in total. The lowest BCUT2D eigenvalue weighted by Crippen LogP contribution is -2.34. The summed E-state index contributed by atoms with van der Waals surface area (Å²) in [5.41, 5.74) is 1.47. The maximum atomic E-state index is 13.2. The first kappa shape index (κ1) is 28.2. The van der Waals surface area contributed by atoms with Gasteiger partial charge in [-0.25, -0.2) is 4.79 Å². The van der Waals surface area contributed by atoms with Gasteiger partial charge in [-0.2, -0.15) is 0 Å². The highest BCUT2D eigenvalue weighted by Crippen LogP contribution is 2.36. The summed E-state index contributed by atoms with van der Waals surface area (Å²) in [4.78, 5) is 51.7. The zero-order chi connectivity index (χ0) is 28.3. The number of rotatable bonds is 6. The number of anilines is 2. The van der Waals surface area contributed by atoms with Crippen LogP contribution in [-0.2, 0) is 30.5 Å². The van der Waals surface area contributed by atoms with Crippen LogP contribution >= 0.6 is 39.1 Å². The van der Waals surface area contributed by atoms with E-state index in [9.17, 15) is 19.2 Å². The first-order valence-corrected chi connectivity index (χ1v) is 12.9. The van der Waals surface area contributed by atoms with Crippen molar-refractivity contribution < 1.29 is 28.3 Å². The number of hydrogen-bond donors (Lipinski definition) is 2. The van der Waals surface area contributed by atoms with Gasteiger partial charge in [0.15, 0.2) is 0 Å². The standard InChI is InChI=1S/C27H20BrCl2N3O6/c1-14-23(27(37)38-2)24(34)22(33(14)17-6-3-15(28)4-7-17)12-18-8-9-19(39-18)13-31-25(35)26(36)32-16-5-10-20(29)21(30)11-16/h3-12H,13H2,1-2H3,(H,31,35)(H,32,36)/b22-12+. The molecule has 0 unspecified atom stereocenters. The van der Waals surface area contributed by atoms with Crippen molar-refractivity contribution in [3.8, 4) is 0 Å². The molecule has 39 heavy (non-hydrogen) atoms. The van der Waals surface area contributed by atoms with Crippen molar-refractivity contribution in [1.29, 1.82) is 0 Å². The summed E-state index contributed by atoms with van der Waals surface area (Å²) in [7, 11) is 1.21. The topological polar surface area (TPSA) is 118 Å². The highest BCUT2D eigenvalue weighted by atomic mass is 79.9. The summed E-state index contributed by atoms with van der Waals surface area (Å²) < 4.78 is 11.4. The maximum Gasteiger partial charge on any atom is 0.343 e. The van der Waals surface area contributed by atoms with Crippen LogP contribution in [0.5, 0.6) is 0 Å². The molecule has 0 atom stereocenters. The summed E-state index contributed by atoms with van der Waals surface area (Å²) in [6.45, 7) is 1.56. The molecular formula is C27H20BrCl2N3O6. The number of methoxy groups -OCH3 is 1. The Morgan fingerprint density at radius 1 is 1.03 bits per heavy atom. The quantitative estimate of drug-likeness (QED) is 0.160. The number of nitrogens with one attached hydrogen (secondary N) is 2. The number of esters is 1. The number of carbonyl (C=O) groups is 4. The van der Waals surface area contributed by atoms with Gasteiger partial charge in [0.25, 0.3) is 0 Å². The Morgan fingerprint density at radius 2 is 1.74 bits per heavy atom. The Bertz CT molecular complexity index is 1550. The molecule has 2 N–H and O–H groups in total. The summed E-state index contributed by atoms with van der Waals surface area (Å²) in [5.74, 6) is -2.44. The number of nitrogens with zero attached hydrogens (tertiary/aromatic N) is 1. The number of allylic oxidation sites excluding steroid dienone is 2. The fraction of sp³-hybridized carbons (Fsp3) is 0.111. The Balaban J connectivity index is 1.49. The van der Waals surface area contributed by atoms with Crippen molar-refractivity contribution in [2.75, 3.05) is 17.3 Å². The smallest absolute Gasteiger partial charge is 0.343 e. The predicted octanol–water partition coefficient (Wildman–Crippen LogP) is 5.48. The SMILES string of the molecule is COC(=O)C1=C(C)N(c2ccc(Br)cc2)/C(=C/c2ccc(CNC(=O)C(=O)Nc3ccc(Cl)c(Cl)c3)o2)C1=O. The molecule has 12 heteroatoms. The molecule has 4 rings (SSSR count). The van der Waals surface area contributed by atoms with Crippen LogP contribution in [0.4, 0.5) is 11.4 Å². The van der Waals surface area contributed by atoms with Crippen molar-refractivity contribution in [2.24, 2.45) is 0 Å². The molecule has 0 aliphatic carbocycles. The van der Waals surface area contributed by atoms with E-state index in [1.165, 1.54) is 31.4 Å². The molecule has 0 saturated heterocycles. The second-order valence-electron chi connectivity index (χ2n) is 8.19. The number of benzene rings is 2. The van der Waals surface area contributed by atoms with Gasteiger partial charge in [0.1, 0.15) is 17.1 Å². The molecule has 200 valence electrons. The summed E-state index contributed by atoms with van der Waals surface area (Å²) in [5, 5.41) is 5.44. The number of furan rings is 1. The van der Waals surface area contributed by atoms with Crippen LogP contribution in [0.1, 0.15) is 18.4 Å². The lowest BCUT2D eigenvalue weighted by Gasteiger charge is -2.21. The van der Waals surface area contributed by atoms with Gasteiger partial charge >= 0.3 is 17.8 Å². The van der Waals surface area contributed by atoms with E-state index >= 15 is 0 Å². The zero-order valence-corrected chi connectivity index (χ0v) is 23.6. The summed E-state index contributed by atoms with van der Waals surface area (Å²) in [6.07, 6.45) is 1.49. The molecule has 0 fully saturated rings. The number of hydrogen-bond acceptors (Lipinski definition) is 7. The lowest BCUT2D eigenvalue weighted by atomic mass is 10.1. The van der Waals surface area contributed by atoms with Gasteiger partial charge < -0.3 is 24.7 Å².